The Bertz CT molecular complexity index is 2070. The van der Waals surface area contributed by atoms with E-state index in [0.29, 0.717) is 76.0 Å². The van der Waals surface area contributed by atoms with Gasteiger partial charge in [-0.15, -0.1) is 0 Å². The number of allylic oxidation sites excluding steroid dienone is 2. The van der Waals surface area contributed by atoms with E-state index in [1.165, 1.54) is 27.1 Å². The van der Waals surface area contributed by atoms with Crippen LogP contribution in [0.5, 0.6) is 0 Å². The number of carbonyl (C=O) groups is 7. The Hall–Kier alpha value is -5.03. The molecule has 0 spiro atoms. The molecule has 6 rings (SSSR count). The molecule has 2 bridgehead atoms. The van der Waals surface area contributed by atoms with Gasteiger partial charge in [0.2, 0.25) is 29.5 Å². The molecule has 5 aliphatic rings. The molecule has 0 radical (unpaired) electrons. The molecule has 1 aromatic carbocycles. The number of ether oxygens (including phenoxy) is 3. The fourth-order valence-corrected chi connectivity index (χ4v) is 12.9. The molecule has 3 aliphatic carbocycles. The smallest absolute Gasteiger partial charge is 0.407 e. The lowest BCUT2D eigenvalue weighted by atomic mass is 9.89. The third-order valence-corrected chi connectivity index (χ3v) is 17.3. The fourth-order valence-electron chi connectivity index (χ4n) is 12.9. The topological polar surface area (TPSA) is 213 Å². The summed E-state index contributed by atoms with van der Waals surface area (Å²) in [5, 5.41) is 18.6. The molecule has 2 aliphatic heterocycles. The van der Waals surface area contributed by atoms with Crippen LogP contribution in [-0.4, -0.2) is 151 Å². The van der Waals surface area contributed by atoms with E-state index < -0.39 is 60.2 Å². The number of likely N-dealkylation sites (tertiary alicyclic amines) is 2. The SMILES string of the molecule is CC[C@H](C)[C@@H]([C@@H](CC(=O)N1CCC[C@H]1[C@H](OC)[C@@H](C)C(=O)N[C@@H](Cc1ccccc1)C(=O)O)OC)N(C)C(=O)[C@@H](NC(=O)[C@@H]1[C@H]2CC[C@H](C2)N1C(=O)CCCCCNC(=O)OCC1[C@H]2CC/C=C\CC[C@@H]12)C(C)C. The Kier molecular flexibility index (Phi) is 21.8. The number of nitrogens with zero attached hydrogens (tertiary/aromatic N) is 3. The van der Waals surface area contributed by atoms with Gasteiger partial charge in [0.05, 0.1) is 43.2 Å². The molecule has 17 nitrogen and oxygen atoms in total. The predicted molar refractivity (Wildman–Crippen MR) is 280 cm³/mol. The van der Waals surface area contributed by atoms with E-state index in [2.05, 4.69) is 28.1 Å². The van der Waals surface area contributed by atoms with Crippen molar-refractivity contribution >= 4 is 41.6 Å². The number of aliphatic carboxylic acids is 1. The average molecular weight is 1030 g/mol. The van der Waals surface area contributed by atoms with E-state index in [1.54, 1.807) is 28.7 Å². The summed E-state index contributed by atoms with van der Waals surface area (Å²) in [5.74, 6) is -1.95. The standard InChI is InChI=1S/C57H88N6O11/c1-9-36(4)50(46(72-7)33-48(65)62-30-20-25-45(62)52(73-8)37(5)53(66)59-44(56(69)70)31-38-21-14-12-15-22-38)61(6)55(68)49(35(2)3)60-54(67)51-39-27-28-40(32-39)63(51)47(64)26-18-13-19-29-58-57(71)74-34-43-41-23-16-10-11-17-24-42(41)43/h10-12,14-15,21-22,35-37,39-46,49-52H,9,13,16-20,23-34H2,1-8H3,(H,58,71)(H,59,66)(H,60,67)(H,69,70)/b11-10-/t36-,37+,39-,40+,41-,42+,43?,44-,45-,46+,49-,50-,51-,52+/m0/s1. The zero-order chi connectivity index (χ0) is 53.6. The highest BCUT2D eigenvalue weighted by Gasteiger charge is 2.52. The molecular weight excluding hydrogens is 945 g/mol. The number of fused-ring (bicyclic) bond motifs is 3. The first-order valence-electron chi connectivity index (χ1n) is 27.9. The van der Waals surface area contributed by atoms with Crippen molar-refractivity contribution in [2.45, 2.75) is 186 Å². The Labute approximate surface area is 440 Å². The fraction of sp³-hybridized carbons (Fsp3) is 0.737. The molecule has 412 valence electrons. The number of alkyl carbamates (subject to hydrolysis) is 1. The van der Waals surface area contributed by atoms with E-state index in [1.807, 2.05) is 58.0 Å². The number of benzene rings is 1. The number of unbranched alkanes of at least 4 members (excludes halogenated alkanes) is 2. The summed E-state index contributed by atoms with van der Waals surface area (Å²) >= 11 is 0. The molecule has 2 saturated heterocycles. The number of rotatable bonds is 27. The maximum Gasteiger partial charge on any atom is 0.407 e. The van der Waals surface area contributed by atoms with Crippen LogP contribution in [0.25, 0.3) is 0 Å². The van der Waals surface area contributed by atoms with Gasteiger partial charge in [0.1, 0.15) is 18.1 Å². The highest BCUT2D eigenvalue weighted by atomic mass is 16.5. The second-order valence-corrected chi connectivity index (χ2v) is 22.3. The van der Waals surface area contributed by atoms with Crippen molar-refractivity contribution in [2.24, 2.45) is 41.4 Å². The summed E-state index contributed by atoms with van der Waals surface area (Å²) in [6.07, 6.45) is 14.0. The van der Waals surface area contributed by atoms with Gasteiger partial charge in [0.15, 0.2) is 0 Å². The van der Waals surface area contributed by atoms with Gasteiger partial charge in [-0.25, -0.2) is 9.59 Å². The van der Waals surface area contributed by atoms with Crippen LogP contribution in [0.15, 0.2) is 42.5 Å². The van der Waals surface area contributed by atoms with Crippen molar-refractivity contribution in [3.63, 3.8) is 0 Å². The first-order chi connectivity index (χ1) is 35.5. The Balaban J connectivity index is 1.01. The van der Waals surface area contributed by atoms with Crippen molar-refractivity contribution in [2.75, 3.05) is 41.0 Å². The normalized spacial score (nSPS) is 26.3. The molecule has 74 heavy (non-hydrogen) atoms. The van der Waals surface area contributed by atoms with Crippen LogP contribution in [0, 0.1) is 41.4 Å². The Morgan fingerprint density at radius 2 is 1.55 bits per heavy atom. The predicted octanol–water partition coefficient (Wildman–Crippen LogP) is 6.52. The van der Waals surface area contributed by atoms with Crippen LogP contribution in [0.2, 0.25) is 0 Å². The number of amides is 6. The van der Waals surface area contributed by atoms with Gasteiger partial charge in [-0.05, 0) is 112 Å². The first-order valence-corrected chi connectivity index (χ1v) is 27.9. The lowest BCUT2D eigenvalue weighted by Crippen LogP contribution is -2.60. The molecule has 6 amide bonds. The third kappa shape index (κ3) is 14.7. The molecule has 1 aromatic rings. The van der Waals surface area contributed by atoms with Crippen molar-refractivity contribution < 1.29 is 52.9 Å². The number of piperidine rings is 1. The monoisotopic (exact) mass is 1030 g/mol. The van der Waals surface area contributed by atoms with E-state index in [9.17, 15) is 38.7 Å². The summed E-state index contributed by atoms with van der Waals surface area (Å²) in [7, 11) is 4.72. The van der Waals surface area contributed by atoms with Gasteiger partial charge in [-0.3, -0.25) is 24.0 Å². The van der Waals surface area contributed by atoms with Crippen molar-refractivity contribution in [1.82, 2.24) is 30.7 Å². The first kappa shape index (κ1) is 58.2. The Morgan fingerprint density at radius 1 is 0.851 bits per heavy atom. The summed E-state index contributed by atoms with van der Waals surface area (Å²) in [6.45, 7) is 10.9. The summed E-state index contributed by atoms with van der Waals surface area (Å²) in [4.78, 5) is 101. The number of carboxylic acid groups (broad SMARTS) is 1. The molecule has 4 fully saturated rings. The van der Waals surface area contributed by atoms with Crippen molar-refractivity contribution in [1.29, 1.82) is 0 Å². The van der Waals surface area contributed by atoms with Gasteiger partial charge >= 0.3 is 12.1 Å². The lowest BCUT2D eigenvalue weighted by molar-refractivity contribution is -0.149. The van der Waals surface area contributed by atoms with Crippen LogP contribution in [0.1, 0.15) is 136 Å². The minimum Gasteiger partial charge on any atom is -0.480 e. The molecule has 4 N–H and O–H groups in total. The van der Waals surface area contributed by atoms with E-state index in [0.717, 1.165) is 44.1 Å². The number of carboxylic acids is 1. The minimum absolute atomic E-state index is 0.00693. The average Bonchev–Trinajstić information content (AvgIpc) is 3.81. The molecule has 1 unspecified atom stereocenters. The molecule has 2 heterocycles. The van der Waals surface area contributed by atoms with Gasteiger partial charge < -0.3 is 50.0 Å². The van der Waals surface area contributed by atoms with Gasteiger partial charge in [0.25, 0.3) is 0 Å². The lowest BCUT2D eigenvalue weighted by Gasteiger charge is -2.41. The quantitative estimate of drug-likeness (QED) is 0.0550. The van der Waals surface area contributed by atoms with Crippen LogP contribution in [0.3, 0.4) is 0 Å². The van der Waals surface area contributed by atoms with Crippen LogP contribution in [-0.2, 0) is 49.4 Å². The zero-order valence-electron chi connectivity index (χ0n) is 45.5. The number of nitrogens with one attached hydrogen (secondary N) is 3. The zero-order valence-corrected chi connectivity index (χ0v) is 45.5. The molecular formula is C57H88N6O11. The molecule has 14 atom stereocenters. The summed E-state index contributed by atoms with van der Waals surface area (Å²) in [5.41, 5.74) is 0.772. The van der Waals surface area contributed by atoms with Crippen molar-refractivity contribution in [3.05, 3.63) is 48.0 Å². The van der Waals surface area contributed by atoms with Crippen molar-refractivity contribution in [3.8, 4) is 0 Å². The van der Waals surface area contributed by atoms with E-state index >= 15 is 0 Å². The van der Waals surface area contributed by atoms with Crippen LogP contribution >= 0.6 is 0 Å². The van der Waals surface area contributed by atoms with Gasteiger partial charge in [-0.1, -0.05) is 89.9 Å². The second kappa shape index (κ2) is 27.7. The molecule has 0 aromatic heterocycles. The number of hydrogen-bond donors (Lipinski definition) is 4. The molecule has 17 heteroatoms. The summed E-state index contributed by atoms with van der Waals surface area (Å²) < 4.78 is 17.6. The largest absolute Gasteiger partial charge is 0.480 e. The second-order valence-electron chi connectivity index (χ2n) is 22.3. The Morgan fingerprint density at radius 3 is 2.19 bits per heavy atom. The van der Waals surface area contributed by atoms with Crippen LogP contribution in [0.4, 0.5) is 4.79 Å². The minimum atomic E-state index is -1.15. The number of methoxy groups -OCH3 is 2. The maximum absolute atomic E-state index is 14.7. The van der Waals surface area contributed by atoms with E-state index in [4.69, 9.17) is 14.2 Å². The number of carbonyl (C=O) groups excluding carboxylic acids is 6. The number of likely N-dealkylation sites (N-methyl/N-ethyl adjacent to an activating group) is 1. The highest BCUT2D eigenvalue weighted by Crippen LogP contribution is 2.53. The maximum atomic E-state index is 14.7. The third-order valence-electron chi connectivity index (χ3n) is 17.3. The van der Waals surface area contributed by atoms with Crippen LogP contribution < -0.4 is 16.0 Å². The molecule has 2 saturated carbocycles. The van der Waals surface area contributed by atoms with E-state index in [-0.39, 0.29) is 66.4 Å². The van der Waals surface area contributed by atoms with Gasteiger partial charge in [-0.2, -0.15) is 0 Å². The van der Waals surface area contributed by atoms with Gasteiger partial charge in [0, 0.05) is 53.2 Å². The highest BCUT2D eigenvalue weighted by molar-refractivity contribution is 5.93. The number of hydrogen-bond acceptors (Lipinski definition) is 10. The summed E-state index contributed by atoms with van der Waals surface area (Å²) in [6, 6.07) is 5.32.